The molecule has 4 amide bonds. The van der Waals surface area contributed by atoms with Gasteiger partial charge >= 0.3 is 6.03 Å². The molecule has 1 fully saturated rings. The van der Waals surface area contributed by atoms with Crippen molar-refractivity contribution in [2.45, 2.75) is 32.2 Å². The van der Waals surface area contributed by atoms with E-state index in [2.05, 4.69) is 5.32 Å². The van der Waals surface area contributed by atoms with E-state index < -0.39 is 23.4 Å². The van der Waals surface area contributed by atoms with Gasteiger partial charge in [0.25, 0.3) is 0 Å². The van der Waals surface area contributed by atoms with Crippen LogP contribution in [0.1, 0.15) is 26.3 Å². The average molecular weight is 346 g/mol. The summed E-state index contributed by atoms with van der Waals surface area (Å²) in [5, 5.41) is 2.10. The average Bonchev–Trinajstić information content (AvgIpc) is 2.60. The summed E-state index contributed by atoms with van der Waals surface area (Å²) in [5.41, 5.74) is 5.37. The minimum absolute atomic E-state index is 0.0765. The van der Waals surface area contributed by atoms with Crippen LogP contribution in [0.4, 0.5) is 4.79 Å². The topological polar surface area (TPSA) is 95.7 Å². The summed E-state index contributed by atoms with van der Waals surface area (Å²) in [7, 11) is 0. The van der Waals surface area contributed by atoms with E-state index in [0.29, 0.717) is 26.2 Å². The Hall–Kier alpha value is -2.41. The summed E-state index contributed by atoms with van der Waals surface area (Å²) in [4.78, 5) is 39.4. The molecular formula is C18H26N4O3. The molecule has 0 bridgehead atoms. The number of rotatable bonds is 4. The molecule has 1 saturated heterocycles. The lowest BCUT2D eigenvalue weighted by molar-refractivity contribution is -0.138. The Morgan fingerprint density at radius 1 is 1.08 bits per heavy atom. The van der Waals surface area contributed by atoms with Crippen LogP contribution in [0, 0.1) is 0 Å². The molecular weight excluding hydrogens is 320 g/mol. The number of carbonyl (C=O) groups excluding carboxylic acids is 3. The van der Waals surface area contributed by atoms with Crippen LogP contribution in [-0.4, -0.2) is 59.9 Å². The van der Waals surface area contributed by atoms with Crippen LogP contribution >= 0.6 is 0 Å². The minimum atomic E-state index is -0.852. The number of urea groups is 1. The van der Waals surface area contributed by atoms with E-state index in [1.807, 2.05) is 54.0 Å². The Kier molecular flexibility index (Phi) is 5.79. The second-order valence-electron chi connectivity index (χ2n) is 6.85. The molecule has 7 nitrogen and oxygen atoms in total. The lowest BCUT2D eigenvalue weighted by Crippen LogP contribution is -2.57. The van der Waals surface area contributed by atoms with Crippen molar-refractivity contribution in [3.63, 3.8) is 0 Å². The molecule has 136 valence electrons. The van der Waals surface area contributed by atoms with E-state index in [0.717, 1.165) is 5.56 Å². The molecule has 0 radical (unpaired) electrons. The summed E-state index contributed by atoms with van der Waals surface area (Å²) >= 11 is 0. The Morgan fingerprint density at radius 2 is 1.64 bits per heavy atom. The fourth-order valence-electron chi connectivity index (χ4n) is 3.08. The fraction of sp³-hybridized carbons (Fsp3) is 0.500. The Bertz CT molecular complexity index is 637. The minimum Gasteiger partial charge on any atom is -0.351 e. The highest BCUT2D eigenvalue weighted by molar-refractivity contribution is 5.96. The van der Waals surface area contributed by atoms with E-state index in [1.54, 1.807) is 6.92 Å². The van der Waals surface area contributed by atoms with Gasteiger partial charge < -0.3 is 10.6 Å². The number of primary amides is 1. The number of amides is 4. The number of carbonyl (C=O) groups is 3. The molecule has 7 heteroatoms. The third kappa shape index (κ3) is 4.36. The van der Waals surface area contributed by atoms with Crippen LogP contribution in [0.3, 0.4) is 0 Å². The van der Waals surface area contributed by atoms with Gasteiger partial charge in [-0.25, -0.2) is 4.79 Å². The van der Waals surface area contributed by atoms with Gasteiger partial charge in [0.05, 0.1) is 11.5 Å². The summed E-state index contributed by atoms with van der Waals surface area (Å²) in [6.07, 6.45) is 0. The van der Waals surface area contributed by atoms with Gasteiger partial charge in [0, 0.05) is 26.2 Å². The molecule has 3 N–H and O–H groups in total. The smallest absolute Gasteiger partial charge is 0.318 e. The molecule has 0 spiro atoms. The first-order valence-corrected chi connectivity index (χ1v) is 8.42. The number of nitrogens with one attached hydrogen (secondary N) is 1. The molecule has 0 aliphatic carbocycles. The molecule has 0 aromatic heterocycles. The monoisotopic (exact) mass is 346 g/mol. The Balaban J connectivity index is 1.96. The second-order valence-corrected chi connectivity index (χ2v) is 6.85. The van der Waals surface area contributed by atoms with Crippen LogP contribution in [0.15, 0.2) is 30.3 Å². The van der Waals surface area contributed by atoms with E-state index in [-0.39, 0.29) is 5.91 Å². The van der Waals surface area contributed by atoms with Crippen molar-refractivity contribution in [1.82, 2.24) is 15.1 Å². The van der Waals surface area contributed by atoms with Crippen molar-refractivity contribution in [1.29, 1.82) is 0 Å². The third-order valence-electron chi connectivity index (χ3n) is 4.81. The number of hydrogen-bond donors (Lipinski definition) is 2. The molecule has 0 unspecified atom stereocenters. The number of hydrogen-bond acceptors (Lipinski definition) is 4. The number of nitrogens with zero attached hydrogens (tertiary/aromatic N) is 2. The maximum Gasteiger partial charge on any atom is 0.318 e. The van der Waals surface area contributed by atoms with Crippen LogP contribution in [0.2, 0.25) is 0 Å². The number of piperazine rings is 1. The molecule has 1 aromatic rings. The van der Waals surface area contributed by atoms with Gasteiger partial charge in [-0.15, -0.1) is 0 Å². The van der Waals surface area contributed by atoms with Crippen molar-refractivity contribution < 1.29 is 14.4 Å². The molecule has 1 aliphatic heterocycles. The van der Waals surface area contributed by atoms with Gasteiger partial charge in [-0.3, -0.25) is 19.8 Å². The zero-order chi connectivity index (χ0) is 18.6. The number of nitrogens with two attached hydrogens (primary N) is 1. The highest BCUT2D eigenvalue weighted by Gasteiger charge is 2.36. The largest absolute Gasteiger partial charge is 0.351 e. The zero-order valence-corrected chi connectivity index (χ0v) is 15.0. The lowest BCUT2D eigenvalue weighted by Gasteiger charge is -2.40. The number of imide groups is 1. The van der Waals surface area contributed by atoms with E-state index in [9.17, 15) is 14.4 Å². The van der Waals surface area contributed by atoms with Gasteiger partial charge in [-0.05, 0) is 26.3 Å². The first-order valence-electron chi connectivity index (χ1n) is 8.42. The van der Waals surface area contributed by atoms with Crippen LogP contribution in [0.25, 0.3) is 0 Å². The predicted octanol–water partition coefficient (Wildman–Crippen LogP) is 0.692. The maximum atomic E-state index is 12.9. The third-order valence-corrected chi connectivity index (χ3v) is 4.81. The Morgan fingerprint density at radius 3 is 2.16 bits per heavy atom. The molecule has 2 rings (SSSR count). The number of benzene rings is 1. The van der Waals surface area contributed by atoms with Gasteiger partial charge in [-0.2, -0.15) is 0 Å². The normalized spacial score (nSPS) is 17.0. The molecule has 1 heterocycles. The van der Waals surface area contributed by atoms with Gasteiger partial charge in [0.1, 0.15) is 0 Å². The van der Waals surface area contributed by atoms with E-state index in [4.69, 9.17) is 5.73 Å². The van der Waals surface area contributed by atoms with Crippen molar-refractivity contribution in [3.05, 3.63) is 35.9 Å². The van der Waals surface area contributed by atoms with E-state index in [1.165, 1.54) is 0 Å². The highest BCUT2D eigenvalue weighted by Crippen LogP contribution is 2.26. The summed E-state index contributed by atoms with van der Waals surface area (Å²) in [6.45, 7) is 7.82. The molecule has 25 heavy (non-hydrogen) atoms. The van der Waals surface area contributed by atoms with Crippen molar-refractivity contribution in [2.24, 2.45) is 5.73 Å². The predicted molar refractivity (Wildman–Crippen MR) is 94.8 cm³/mol. The van der Waals surface area contributed by atoms with Crippen LogP contribution < -0.4 is 11.1 Å². The highest BCUT2D eigenvalue weighted by atomic mass is 16.2. The lowest BCUT2D eigenvalue weighted by atomic mass is 9.83. The zero-order valence-electron chi connectivity index (χ0n) is 15.0. The van der Waals surface area contributed by atoms with Gasteiger partial charge in [0.15, 0.2) is 0 Å². The maximum absolute atomic E-state index is 12.9. The summed E-state index contributed by atoms with van der Waals surface area (Å²) in [6, 6.07) is 8.40. The standard InChI is InChI=1S/C18H26N4O3/c1-13(15(23)20-17(19)25)21-9-11-22(12-10-21)16(24)18(2,3)14-7-5-4-6-8-14/h4-8,13H,9-12H2,1-3H3,(H3,19,20,23,25)/t13-/m1/s1. The van der Waals surface area contributed by atoms with Gasteiger partial charge in [0.2, 0.25) is 11.8 Å². The fourth-order valence-corrected chi connectivity index (χ4v) is 3.08. The summed E-state index contributed by atoms with van der Waals surface area (Å²) in [5.74, 6) is -0.343. The van der Waals surface area contributed by atoms with Crippen LogP contribution in [-0.2, 0) is 15.0 Å². The molecule has 1 atom stereocenters. The molecule has 1 aliphatic rings. The van der Waals surface area contributed by atoms with Crippen molar-refractivity contribution in [3.8, 4) is 0 Å². The SMILES string of the molecule is C[C@H](C(=O)NC(N)=O)N1CCN(C(=O)C(C)(C)c2ccccc2)CC1. The van der Waals surface area contributed by atoms with Crippen molar-refractivity contribution in [2.75, 3.05) is 26.2 Å². The van der Waals surface area contributed by atoms with Gasteiger partial charge in [-0.1, -0.05) is 30.3 Å². The van der Waals surface area contributed by atoms with Crippen molar-refractivity contribution >= 4 is 17.8 Å². The molecule has 0 saturated carbocycles. The second kappa shape index (κ2) is 7.65. The Labute approximate surface area is 148 Å². The van der Waals surface area contributed by atoms with Crippen LogP contribution in [0.5, 0.6) is 0 Å². The molecule has 1 aromatic carbocycles. The van der Waals surface area contributed by atoms with E-state index >= 15 is 0 Å². The quantitative estimate of drug-likeness (QED) is 0.838. The summed E-state index contributed by atoms with van der Waals surface area (Å²) < 4.78 is 0. The first kappa shape index (κ1) is 18.9. The first-order chi connectivity index (χ1) is 11.7.